The number of rotatable bonds is 14. The van der Waals surface area contributed by atoms with Crippen LogP contribution >= 0.6 is 11.3 Å². The van der Waals surface area contributed by atoms with Crippen molar-refractivity contribution in [1.82, 2.24) is 29.6 Å². The summed E-state index contributed by atoms with van der Waals surface area (Å²) in [6.45, 7) is 0.670. The molecule has 0 radical (unpaired) electrons. The number of ether oxygens (including phenoxy) is 1. The molecule has 3 heterocycles. The third-order valence-electron chi connectivity index (χ3n) is 9.52. The van der Waals surface area contributed by atoms with Gasteiger partial charge in [-0.15, -0.1) is 11.3 Å². The predicted molar refractivity (Wildman–Crippen MR) is 192 cm³/mol. The molecule has 0 spiro atoms. The van der Waals surface area contributed by atoms with Crippen LogP contribution in [0.25, 0.3) is 10.8 Å². The van der Waals surface area contributed by atoms with Crippen LogP contribution in [0.1, 0.15) is 72.2 Å². The molecule has 4 aromatic rings. The van der Waals surface area contributed by atoms with Gasteiger partial charge in [-0.1, -0.05) is 74.6 Å². The zero-order valence-corrected chi connectivity index (χ0v) is 29.7. The quantitative estimate of drug-likeness (QED) is 0.141. The van der Waals surface area contributed by atoms with Crippen LogP contribution in [0.2, 0.25) is 0 Å². The number of hydrogen-bond acceptors (Lipinski definition) is 10. The molecule has 4 N–H and O–H groups in total. The van der Waals surface area contributed by atoms with E-state index in [1.807, 2.05) is 18.2 Å². The molecule has 6 rings (SSSR count). The molecule has 2 aromatic heterocycles. The van der Waals surface area contributed by atoms with Gasteiger partial charge in [0.15, 0.2) is 11.8 Å². The summed E-state index contributed by atoms with van der Waals surface area (Å²) < 4.78 is 36.5. The minimum Gasteiger partial charge on any atom is -0.383 e. The second kappa shape index (κ2) is 16.9. The Labute approximate surface area is 301 Å². The van der Waals surface area contributed by atoms with Crippen molar-refractivity contribution in [2.24, 2.45) is 5.92 Å². The fourth-order valence-electron chi connectivity index (χ4n) is 6.82. The number of nitrogens with one attached hydrogen (secondary N) is 3. The lowest BCUT2D eigenvalue weighted by Gasteiger charge is -2.31. The first-order chi connectivity index (χ1) is 24.7. The average Bonchev–Trinajstić information content (AvgIpc) is 3.71. The minimum absolute atomic E-state index is 0.117. The number of hydrogen-bond donors (Lipinski definition) is 4. The molecule has 1 aliphatic carbocycles. The summed E-state index contributed by atoms with van der Waals surface area (Å²) in [7, 11) is -4.18. The monoisotopic (exact) mass is 734 g/mol. The fraction of sp³-hybridized carbons (Fsp3) is 0.417. The van der Waals surface area contributed by atoms with Crippen molar-refractivity contribution in [3.8, 4) is 0 Å². The molecule has 0 bridgehead atoms. The number of amides is 2. The number of thiazole rings is 1. The summed E-state index contributed by atoms with van der Waals surface area (Å²) in [6.07, 6.45) is 6.69. The highest BCUT2D eigenvalue weighted by atomic mass is 32.2. The van der Waals surface area contributed by atoms with Crippen LogP contribution in [0.4, 0.5) is 0 Å². The lowest BCUT2D eigenvalue weighted by molar-refractivity contribution is -0.131. The molecule has 13 nitrogen and oxygen atoms in total. The number of morpholine rings is 1. The van der Waals surface area contributed by atoms with E-state index in [0.717, 1.165) is 37.5 Å². The summed E-state index contributed by atoms with van der Waals surface area (Å²) >= 11 is 1.22. The highest BCUT2D eigenvalue weighted by molar-refractivity contribution is 7.87. The maximum Gasteiger partial charge on any atom is 0.280 e. The largest absolute Gasteiger partial charge is 0.383 e. The summed E-state index contributed by atoms with van der Waals surface area (Å²) in [5.74, 6) is -1.85. The van der Waals surface area contributed by atoms with Crippen LogP contribution in [0.15, 0.2) is 77.9 Å². The van der Waals surface area contributed by atoms with Gasteiger partial charge in [-0.25, -0.2) is 4.98 Å². The van der Waals surface area contributed by atoms with Crippen molar-refractivity contribution in [2.45, 2.75) is 62.8 Å². The van der Waals surface area contributed by atoms with Crippen molar-refractivity contribution >= 4 is 49.9 Å². The van der Waals surface area contributed by atoms with Crippen molar-refractivity contribution in [1.29, 1.82) is 0 Å². The molecule has 4 atom stereocenters. The fourth-order valence-corrected chi connectivity index (χ4v) is 8.71. The van der Waals surface area contributed by atoms with E-state index in [0.29, 0.717) is 17.4 Å². The van der Waals surface area contributed by atoms with Gasteiger partial charge in [0.1, 0.15) is 12.1 Å². The van der Waals surface area contributed by atoms with Gasteiger partial charge in [-0.2, -0.15) is 17.4 Å². The van der Waals surface area contributed by atoms with Crippen molar-refractivity contribution in [3.63, 3.8) is 0 Å². The lowest BCUT2D eigenvalue weighted by Crippen LogP contribution is -2.53. The smallest absolute Gasteiger partial charge is 0.280 e. The van der Waals surface area contributed by atoms with E-state index < -0.39 is 52.0 Å². The van der Waals surface area contributed by atoms with E-state index in [1.165, 1.54) is 45.7 Å². The first kappa shape index (κ1) is 36.7. The molecule has 2 aliphatic rings. The standard InChI is InChI=1S/C36H42N6O7S2/c43-33(26-13-15-37-16-14-26)34(44)29(21-24-7-2-1-3-8-24)39-36(46)32(30-22-50-23-38-30)40-35(45)31(41-51(47,48)42-17-19-49-20-18-42)28-12-6-10-25-9-4-5-11-27(25)28/h4-6,9-16,22-24,29,31-32,34,41,44H,1-3,7-8,17-21H2,(H,39,46)(H,40,45). The van der Waals surface area contributed by atoms with E-state index >= 15 is 0 Å². The molecule has 2 amide bonds. The van der Waals surface area contributed by atoms with Gasteiger partial charge in [0.2, 0.25) is 11.8 Å². The van der Waals surface area contributed by atoms with Crippen LogP contribution in [0.5, 0.6) is 0 Å². The average molecular weight is 735 g/mol. The van der Waals surface area contributed by atoms with Gasteiger partial charge in [-0.3, -0.25) is 19.4 Å². The predicted octanol–water partition coefficient (Wildman–Crippen LogP) is 3.46. The Bertz CT molecular complexity index is 1890. The zero-order chi connectivity index (χ0) is 35.8. The van der Waals surface area contributed by atoms with E-state index in [-0.39, 0.29) is 43.5 Å². The van der Waals surface area contributed by atoms with Crippen molar-refractivity contribution in [3.05, 3.63) is 94.7 Å². The summed E-state index contributed by atoms with van der Waals surface area (Å²) in [6, 6.07) is 11.8. The van der Waals surface area contributed by atoms with Gasteiger partial charge < -0.3 is 20.5 Å². The van der Waals surface area contributed by atoms with Gasteiger partial charge in [-0.05, 0) is 40.8 Å². The lowest BCUT2D eigenvalue weighted by atomic mass is 9.82. The van der Waals surface area contributed by atoms with E-state index in [1.54, 1.807) is 29.6 Å². The molecule has 4 unspecified atom stereocenters. The Hall–Kier alpha value is -4.12. The van der Waals surface area contributed by atoms with Crippen molar-refractivity contribution < 1.29 is 32.6 Å². The van der Waals surface area contributed by atoms with Crippen LogP contribution < -0.4 is 15.4 Å². The first-order valence-electron chi connectivity index (χ1n) is 17.1. The maximum absolute atomic E-state index is 14.4. The van der Waals surface area contributed by atoms with Crippen LogP contribution in [-0.4, -0.2) is 83.8 Å². The van der Waals surface area contributed by atoms with Crippen LogP contribution in [0.3, 0.4) is 0 Å². The number of aromatic nitrogens is 2. The molecule has 51 heavy (non-hydrogen) atoms. The highest BCUT2D eigenvalue weighted by Crippen LogP contribution is 2.30. The number of carbonyl (C=O) groups is 3. The second-order valence-corrected chi connectivity index (χ2v) is 15.3. The third kappa shape index (κ3) is 9.04. The molecule has 2 aromatic carbocycles. The SMILES string of the molecule is O=C(NC(CC1CCCCC1)C(O)C(=O)c1ccncc1)C(NC(=O)C(NS(=O)(=O)N1CCOCC1)c1cccc2ccccc12)c1cscn1. The zero-order valence-electron chi connectivity index (χ0n) is 28.0. The molecular weight excluding hydrogens is 693 g/mol. The van der Waals surface area contributed by atoms with Gasteiger partial charge in [0, 0.05) is 36.4 Å². The third-order valence-corrected chi connectivity index (χ3v) is 11.7. The first-order valence-corrected chi connectivity index (χ1v) is 19.5. The minimum atomic E-state index is -4.18. The summed E-state index contributed by atoms with van der Waals surface area (Å²) in [4.78, 5) is 50.3. The Balaban J connectivity index is 1.30. The molecule has 1 saturated carbocycles. The molecular formula is C36H42N6O7S2. The maximum atomic E-state index is 14.4. The number of aliphatic hydroxyl groups is 1. The Morgan fingerprint density at radius 2 is 1.63 bits per heavy atom. The Morgan fingerprint density at radius 3 is 2.35 bits per heavy atom. The molecule has 1 saturated heterocycles. The second-order valence-electron chi connectivity index (χ2n) is 12.9. The van der Waals surface area contributed by atoms with Gasteiger partial charge >= 0.3 is 0 Å². The molecule has 270 valence electrons. The summed E-state index contributed by atoms with van der Waals surface area (Å²) in [5.41, 5.74) is 2.40. The Kier molecular flexibility index (Phi) is 12.2. The van der Waals surface area contributed by atoms with E-state index in [2.05, 4.69) is 25.3 Å². The van der Waals surface area contributed by atoms with E-state index in [9.17, 15) is 27.9 Å². The van der Waals surface area contributed by atoms with Gasteiger partial charge in [0.05, 0.1) is 30.5 Å². The number of carbonyl (C=O) groups excluding carboxylic acids is 3. The molecule has 2 fully saturated rings. The normalized spacial score (nSPS) is 18.4. The number of benzene rings is 2. The number of nitrogens with zero attached hydrogens (tertiary/aromatic N) is 3. The van der Waals surface area contributed by atoms with Crippen LogP contribution in [-0.2, 0) is 24.5 Å². The number of aliphatic hydroxyl groups excluding tert-OH is 1. The van der Waals surface area contributed by atoms with Crippen LogP contribution in [0, 0.1) is 5.92 Å². The number of fused-ring (bicyclic) bond motifs is 1. The number of pyridine rings is 1. The number of ketones is 1. The topological polar surface area (TPSA) is 180 Å². The van der Waals surface area contributed by atoms with E-state index in [4.69, 9.17) is 4.74 Å². The van der Waals surface area contributed by atoms with Gasteiger partial charge in [0.25, 0.3) is 10.2 Å². The number of Topliss-reactive ketones (excluding diaryl/α,β-unsaturated/α-hetero) is 1. The Morgan fingerprint density at radius 1 is 0.922 bits per heavy atom. The van der Waals surface area contributed by atoms with Crippen molar-refractivity contribution in [2.75, 3.05) is 26.3 Å². The molecule has 1 aliphatic heterocycles. The summed E-state index contributed by atoms with van der Waals surface area (Å²) in [5, 5.41) is 20.1. The molecule has 15 heteroatoms. The highest BCUT2D eigenvalue weighted by Gasteiger charge is 2.37.